The van der Waals surface area contributed by atoms with Crippen LogP contribution in [0.15, 0.2) is 113 Å². The van der Waals surface area contributed by atoms with Crippen LogP contribution in [0.5, 0.6) is 0 Å². The molecule has 1 heterocycles. The molecule has 2 bridgehead atoms. The molecule has 4 aromatic rings. The summed E-state index contributed by atoms with van der Waals surface area (Å²) in [5.74, 6) is -1.45. The zero-order valence-electron chi connectivity index (χ0n) is 19.1. The number of imide groups is 1. The highest BCUT2D eigenvalue weighted by Crippen LogP contribution is 2.66. The maximum atomic E-state index is 14.0. The minimum absolute atomic E-state index is 0.151. The Morgan fingerprint density at radius 1 is 0.639 bits per heavy atom. The Hall–Kier alpha value is -3.90. The van der Waals surface area contributed by atoms with Crippen LogP contribution in [0.2, 0.25) is 0 Å². The molecular formula is C30H20BrN3O2. The van der Waals surface area contributed by atoms with Crippen LogP contribution in [0.25, 0.3) is 0 Å². The number of carbonyl (C=O) groups excluding carboxylic acids is 2. The zero-order valence-corrected chi connectivity index (χ0v) is 20.7. The van der Waals surface area contributed by atoms with Gasteiger partial charge in [0.15, 0.2) is 0 Å². The molecule has 0 unspecified atom stereocenters. The number of amides is 2. The van der Waals surface area contributed by atoms with E-state index in [2.05, 4.69) is 50.4 Å². The molecule has 174 valence electrons. The molecule has 6 heteroatoms. The van der Waals surface area contributed by atoms with Crippen molar-refractivity contribution in [1.29, 1.82) is 0 Å². The largest absolute Gasteiger partial charge is 0.274 e. The van der Waals surface area contributed by atoms with Gasteiger partial charge in [-0.2, -0.15) is 10.2 Å². The molecule has 0 radical (unpaired) electrons. The predicted molar refractivity (Wildman–Crippen MR) is 141 cm³/mol. The van der Waals surface area contributed by atoms with E-state index in [1.54, 1.807) is 24.3 Å². The van der Waals surface area contributed by atoms with Crippen molar-refractivity contribution in [3.63, 3.8) is 0 Å². The van der Waals surface area contributed by atoms with Crippen molar-refractivity contribution in [3.05, 3.63) is 125 Å². The van der Waals surface area contributed by atoms with Gasteiger partial charge in [-0.15, -0.1) is 0 Å². The van der Waals surface area contributed by atoms with Gasteiger partial charge >= 0.3 is 0 Å². The van der Waals surface area contributed by atoms with Gasteiger partial charge in [0, 0.05) is 5.92 Å². The lowest BCUT2D eigenvalue weighted by molar-refractivity contribution is -0.122. The number of halogens is 1. The summed E-state index contributed by atoms with van der Waals surface area (Å²) in [5.41, 5.74) is 6.36. The Morgan fingerprint density at radius 2 is 1.17 bits per heavy atom. The van der Waals surface area contributed by atoms with E-state index in [4.69, 9.17) is 0 Å². The second-order valence-electron chi connectivity index (χ2n) is 9.43. The van der Waals surface area contributed by atoms with Crippen LogP contribution in [-0.2, 0) is 13.9 Å². The van der Waals surface area contributed by atoms with Crippen molar-refractivity contribution in [3.8, 4) is 0 Å². The first kappa shape index (κ1) is 21.4. The Balaban J connectivity index is 1.28. The van der Waals surface area contributed by atoms with Gasteiger partial charge in [0.05, 0.1) is 33.2 Å². The number of carbonyl (C=O) groups is 2. The van der Waals surface area contributed by atoms with Crippen LogP contribution >= 0.6 is 15.9 Å². The lowest BCUT2D eigenvalue weighted by Crippen LogP contribution is -2.50. The number of alkyl halides is 1. The van der Waals surface area contributed by atoms with E-state index in [0.717, 1.165) is 27.9 Å². The number of nitrogens with zero attached hydrogens (tertiary/aromatic N) is 3. The van der Waals surface area contributed by atoms with E-state index in [9.17, 15) is 9.59 Å². The van der Waals surface area contributed by atoms with Crippen molar-refractivity contribution in [1.82, 2.24) is 0 Å². The van der Waals surface area contributed by atoms with Gasteiger partial charge in [0.1, 0.15) is 0 Å². The summed E-state index contributed by atoms with van der Waals surface area (Å²) in [6.45, 7) is 0. The smallest absolute Gasteiger partial charge is 0.239 e. The van der Waals surface area contributed by atoms with E-state index in [-0.39, 0.29) is 17.7 Å². The Bertz CT molecular complexity index is 1520. The average Bonchev–Trinajstić information content (AvgIpc) is 3.20. The summed E-state index contributed by atoms with van der Waals surface area (Å²) in [7, 11) is 0. The third-order valence-electron chi connectivity index (χ3n) is 7.66. The minimum atomic E-state index is -0.745. The van der Waals surface area contributed by atoms with E-state index in [1.807, 2.05) is 54.6 Å². The molecule has 0 N–H and O–H groups in total. The lowest BCUT2D eigenvalue weighted by Gasteiger charge is -2.51. The number of anilines is 1. The van der Waals surface area contributed by atoms with E-state index < -0.39 is 16.2 Å². The van der Waals surface area contributed by atoms with Gasteiger partial charge < -0.3 is 0 Å². The summed E-state index contributed by atoms with van der Waals surface area (Å²) in [6, 6.07) is 33.0. The molecular weight excluding hydrogens is 514 g/mol. The molecule has 36 heavy (non-hydrogen) atoms. The summed E-state index contributed by atoms with van der Waals surface area (Å²) in [5, 5.41) is 8.53. The Morgan fingerprint density at radius 3 is 1.78 bits per heavy atom. The van der Waals surface area contributed by atoms with Crippen molar-refractivity contribution in [2.45, 2.75) is 10.2 Å². The summed E-state index contributed by atoms with van der Waals surface area (Å²) < 4.78 is -0.745. The fourth-order valence-corrected chi connectivity index (χ4v) is 7.41. The summed E-state index contributed by atoms with van der Waals surface area (Å²) in [6.07, 6.45) is 0. The van der Waals surface area contributed by atoms with E-state index in [1.165, 1.54) is 4.90 Å². The summed E-state index contributed by atoms with van der Waals surface area (Å²) in [4.78, 5) is 29.3. The molecule has 2 amide bonds. The molecule has 1 saturated heterocycles. The standard InChI is InChI=1S/C30H20BrN3O2/c31-30-23-12-6-4-10-21(23)25(22-11-5-7-13-24(22)30)26-27(30)29(36)34(28(26)35)20-16-14-19(15-17-20)33-32-18-8-2-1-3-9-18/h1-17,25-27H/t25?,26-,27+,30?/m0/s1. The molecule has 1 aliphatic heterocycles. The quantitative estimate of drug-likeness (QED) is 0.161. The van der Waals surface area contributed by atoms with Gasteiger partial charge in [0.25, 0.3) is 0 Å². The van der Waals surface area contributed by atoms with Gasteiger partial charge in [-0.25, -0.2) is 4.90 Å². The normalized spacial score (nSPS) is 25.7. The van der Waals surface area contributed by atoms with Gasteiger partial charge in [-0.3, -0.25) is 9.59 Å². The van der Waals surface area contributed by atoms with Crippen LogP contribution in [0.1, 0.15) is 28.2 Å². The topological polar surface area (TPSA) is 62.1 Å². The maximum Gasteiger partial charge on any atom is 0.239 e. The molecule has 3 aliphatic carbocycles. The van der Waals surface area contributed by atoms with Crippen molar-refractivity contribution in [2.75, 3.05) is 4.90 Å². The minimum Gasteiger partial charge on any atom is -0.274 e. The Labute approximate surface area is 216 Å². The highest BCUT2D eigenvalue weighted by Gasteiger charge is 2.67. The van der Waals surface area contributed by atoms with Gasteiger partial charge in [0.2, 0.25) is 11.8 Å². The number of hydrogen-bond acceptors (Lipinski definition) is 4. The first-order chi connectivity index (χ1) is 17.6. The van der Waals surface area contributed by atoms with E-state index in [0.29, 0.717) is 11.4 Å². The van der Waals surface area contributed by atoms with Crippen molar-refractivity contribution in [2.24, 2.45) is 22.1 Å². The zero-order chi connectivity index (χ0) is 24.4. The third-order valence-corrected chi connectivity index (χ3v) is 9.01. The first-order valence-corrected chi connectivity index (χ1v) is 12.7. The van der Waals surface area contributed by atoms with Gasteiger partial charge in [-0.1, -0.05) is 82.7 Å². The highest BCUT2D eigenvalue weighted by molar-refractivity contribution is 9.09. The van der Waals surface area contributed by atoms with Crippen molar-refractivity contribution >= 4 is 44.8 Å². The maximum absolute atomic E-state index is 14.0. The first-order valence-electron chi connectivity index (χ1n) is 11.9. The fourth-order valence-electron chi connectivity index (χ4n) is 6.21. The fraction of sp³-hybridized carbons (Fsp3) is 0.133. The van der Waals surface area contributed by atoms with Crippen LogP contribution < -0.4 is 4.90 Å². The molecule has 0 saturated carbocycles. The van der Waals surface area contributed by atoms with E-state index >= 15 is 0 Å². The molecule has 5 nitrogen and oxygen atoms in total. The number of benzene rings is 4. The Kier molecular flexibility index (Phi) is 4.63. The SMILES string of the molecule is O=C1[C@H]2C3c4ccccc4C(Br)(c4ccccc43)[C@H]2C(=O)N1c1ccc(N=Nc2ccccc2)cc1. The van der Waals surface area contributed by atoms with Crippen molar-refractivity contribution < 1.29 is 9.59 Å². The number of hydrogen-bond donors (Lipinski definition) is 0. The number of azo groups is 1. The second kappa shape index (κ2) is 7.80. The molecule has 1 fully saturated rings. The molecule has 4 aliphatic rings. The van der Waals surface area contributed by atoms with Crippen LogP contribution in [0.4, 0.5) is 17.1 Å². The van der Waals surface area contributed by atoms with Gasteiger partial charge in [-0.05, 0) is 58.7 Å². The van der Waals surface area contributed by atoms with Crippen LogP contribution in [0, 0.1) is 11.8 Å². The second-order valence-corrected chi connectivity index (χ2v) is 10.7. The number of rotatable bonds is 3. The van der Waals surface area contributed by atoms with Crippen LogP contribution in [0.3, 0.4) is 0 Å². The molecule has 8 rings (SSSR count). The lowest BCUT2D eigenvalue weighted by atomic mass is 9.55. The average molecular weight is 534 g/mol. The highest BCUT2D eigenvalue weighted by atomic mass is 79.9. The molecule has 2 atom stereocenters. The monoisotopic (exact) mass is 533 g/mol. The summed E-state index contributed by atoms with van der Waals surface area (Å²) >= 11 is 4.03. The van der Waals surface area contributed by atoms with Crippen LogP contribution in [-0.4, -0.2) is 11.8 Å². The third kappa shape index (κ3) is 2.82. The predicted octanol–water partition coefficient (Wildman–Crippen LogP) is 7.01. The molecule has 4 aromatic carbocycles. The molecule has 0 spiro atoms. The molecule has 0 aromatic heterocycles.